The van der Waals surface area contributed by atoms with Gasteiger partial charge in [0.2, 0.25) is 0 Å². The second-order valence-electron chi connectivity index (χ2n) is 7.72. The van der Waals surface area contributed by atoms with Crippen LogP contribution in [-0.2, 0) is 17.6 Å². The molecule has 1 fully saturated rings. The van der Waals surface area contributed by atoms with Gasteiger partial charge in [-0.15, -0.1) is 11.3 Å². The number of anilines is 1. The Balaban J connectivity index is 1.89. The number of rotatable bonds is 5. The van der Waals surface area contributed by atoms with E-state index in [4.69, 9.17) is 16.2 Å². The van der Waals surface area contributed by atoms with Crippen LogP contribution in [0.2, 0.25) is 0 Å². The number of nitriles is 1. The third-order valence-electron chi connectivity index (χ3n) is 6.00. The molecule has 0 spiro atoms. The fraction of sp³-hybridized carbons (Fsp3) is 0.684. The third kappa shape index (κ3) is 3.40. The number of nitrogens with zero attached hydrogens (tertiary/aromatic N) is 1. The van der Waals surface area contributed by atoms with Gasteiger partial charge in [0, 0.05) is 24.5 Å². The van der Waals surface area contributed by atoms with E-state index in [-0.39, 0.29) is 10.8 Å². The van der Waals surface area contributed by atoms with E-state index in [1.54, 1.807) is 0 Å². The lowest BCUT2D eigenvalue weighted by atomic mass is 9.61. The van der Waals surface area contributed by atoms with E-state index in [0.717, 1.165) is 62.2 Å². The number of thiophene rings is 1. The van der Waals surface area contributed by atoms with Crippen LogP contribution in [-0.4, -0.2) is 19.1 Å². The molecular weight excluding hydrogens is 334 g/mol. The molecular formula is C19H27N3O2S. The Bertz CT molecular complexity index is 695. The fourth-order valence-corrected chi connectivity index (χ4v) is 6.09. The van der Waals surface area contributed by atoms with Crippen LogP contribution in [0.4, 0.5) is 5.00 Å². The molecule has 0 bridgehead atoms. The van der Waals surface area contributed by atoms with Gasteiger partial charge in [-0.05, 0) is 49.5 Å². The average molecular weight is 362 g/mol. The van der Waals surface area contributed by atoms with Crippen LogP contribution in [0.3, 0.4) is 0 Å². The Morgan fingerprint density at radius 3 is 2.68 bits per heavy atom. The number of nitrogens with two attached hydrogens (primary N) is 2. The van der Waals surface area contributed by atoms with Crippen molar-refractivity contribution in [2.45, 2.75) is 58.3 Å². The first-order valence-electron chi connectivity index (χ1n) is 9.13. The molecule has 1 aliphatic carbocycles. The molecule has 1 aromatic heterocycles. The number of hydrogen-bond donors (Lipinski definition) is 2. The van der Waals surface area contributed by atoms with E-state index < -0.39 is 5.91 Å². The first-order valence-corrected chi connectivity index (χ1v) is 9.95. The number of primary amides is 1. The first-order chi connectivity index (χ1) is 11.9. The van der Waals surface area contributed by atoms with E-state index in [1.807, 2.05) is 0 Å². The monoisotopic (exact) mass is 361 g/mol. The Morgan fingerprint density at radius 1 is 1.36 bits per heavy atom. The summed E-state index contributed by atoms with van der Waals surface area (Å²) in [5.74, 6) is -0.452. The quantitative estimate of drug-likeness (QED) is 0.839. The van der Waals surface area contributed by atoms with Gasteiger partial charge in [0.25, 0.3) is 5.91 Å². The second-order valence-corrected chi connectivity index (χ2v) is 8.85. The summed E-state index contributed by atoms with van der Waals surface area (Å²) in [5, 5.41) is 10.6. The lowest BCUT2D eigenvalue weighted by Crippen LogP contribution is -2.38. The number of amides is 1. The summed E-state index contributed by atoms with van der Waals surface area (Å²) in [7, 11) is 0. The molecule has 2 heterocycles. The molecule has 1 atom stereocenters. The van der Waals surface area contributed by atoms with Crippen LogP contribution in [0.5, 0.6) is 0 Å². The maximum Gasteiger partial charge on any atom is 0.251 e. The molecule has 3 rings (SSSR count). The van der Waals surface area contributed by atoms with E-state index in [2.05, 4.69) is 13.0 Å². The molecule has 1 saturated heterocycles. The van der Waals surface area contributed by atoms with Crippen molar-refractivity contribution in [3.63, 3.8) is 0 Å². The summed E-state index contributed by atoms with van der Waals surface area (Å²) in [6, 6.07) is 2.66. The molecule has 1 aromatic rings. The van der Waals surface area contributed by atoms with Crippen molar-refractivity contribution in [2.24, 2.45) is 16.6 Å². The fourth-order valence-electron chi connectivity index (χ4n) is 4.82. The third-order valence-corrected chi connectivity index (χ3v) is 7.06. The minimum atomic E-state index is -0.452. The van der Waals surface area contributed by atoms with Gasteiger partial charge in [0.1, 0.15) is 0 Å². The van der Waals surface area contributed by atoms with Gasteiger partial charge in [0.15, 0.2) is 0 Å². The van der Waals surface area contributed by atoms with Gasteiger partial charge in [-0.3, -0.25) is 4.79 Å². The molecule has 1 unspecified atom stereocenters. The van der Waals surface area contributed by atoms with E-state index in [0.29, 0.717) is 23.4 Å². The highest BCUT2D eigenvalue weighted by molar-refractivity contribution is 7.16. The van der Waals surface area contributed by atoms with Gasteiger partial charge < -0.3 is 16.2 Å². The average Bonchev–Trinajstić information content (AvgIpc) is 2.90. The minimum Gasteiger partial charge on any atom is -0.390 e. The summed E-state index contributed by atoms with van der Waals surface area (Å²) in [6.45, 7) is 3.81. The predicted molar refractivity (Wildman–Crippen MR) is 99.3 cm³/mol. The van der Waals surface area contributed by atoms with Crippen molar-refractivity contribution in [1.82, 2.24) is 0 Å². The number of carbonyl (C=O) groups excluding carboxylic acids is 1. The predicted octanol–water partition coefficient (Wildman–Crippen LogP) is 3.41. The lowest BCUT2D eigenvalue weighted by molar-refractivity contribution is -0.0127. The summed E-state index contributed by atoms with van der Waals surface area (Å²) < 4.78 is 5.58. The molecule has 0 radical (unpaired) electrons. The summed E-state index contributed by atoms with van der Waals surface area (Å²) in [5.41, 5.74) is 12.8. The highest BCUT2D eigenvalue weighted by Gasteiger charge is 2.45. The van der Waals surface area contributed by atoms with Crippen molar-refractivity contribution >= 4 is 22.2 Å². The van der Waals surface area contributed by atoms with Gasteiger partial charge in [-0.2, -0.15) is 5.26 Å². The van der Waals surface area contributed by atoms with Crippen LogP contribution in [0.25, 0.3) is 0 Å². The highest BCUT2D eigenvalue weighted by Crippen LogP contribution is 2.51. The molecule has 2 aliphatic rings. The SMILES string of the molecule is CCCC1(CC2(C#N)CCc3c(sc(N)c3C(N)=O)C2)CCOCC1. The van der Waals surface area contributed by atoms with Crippen molar-refractivity contribution in [3.8, 4) is 6.07 Å². The van der Waals surface area contributed by atoms with E-state index in [9.17, 15) is 10.1 Å². The molecule has 0 aromatic carbocycles. The van der Waals surface area contributed by atoms with Crippen LogP contribution in [0.15, 0.2) is 0 Å². The number of ether oxygens (including phenoxy) is 1. The van der Waals surface area contributed by atoms with Crippen molar-refractivity contribution in [2.75, 3.05) is 18.9 Å². The van der Waals surface area contributed by atoms with Gasteiger partial charge in [-0.1, -0.05) is 13.3 Å². The molecule has 136 valence electrons. The Labute approximate surface area is 153 Å². The maximum atomic E-state index is 11.7. The van der Waals surface area contributed by atoms with Crippen LogP contribution >= 0.6 is 11.3 Å². The smallest absolute Gasteiger partial charge is 0.251 e. The summed E-state index contributed by atoms with van der Waals surface area (Å²) in [4.78, 5) is 12.8. The topological polar surface area (TPSA) is 102 Å². The van der Waals surface area contributed by atoms with Gasteiger partial charge in [-0.25, -0.2) is 0 Å². The second kappa shape index (κ2) is 6.97. The van der Waals surface area contributed by atoms with Crippen LogP contribution in [0, 0.1) is 22.2 Å². The van der Waals surface area contributed by atoms with E-state index in [1.165, 1.54) is 11.3 Å². The number of hydrogen-bond acceptors (Lipinski definition) is 5. The zero-order valence-electron chi connectivity index (χ0n) is 14.9. The van der Waals surface area contributed by atoms with Crippen molar-refractivity contribution in [1.29, 1.82) is 5.26 Å². The Morgan fingerprint density at radius 2 is 2.08 bits per heavy atom. The molecule has 6 heteroatoms. The Hall–Kier alpha value is -1.58. The lowest BCUT2D eigenvalue weighted by Gasteiger charge is -2.44. The Kier molecular flexibility index (Phi) is 5.08. The molecule has 1 aliphatic heterocycles. The molecule has 4 N–H and O–H groups in total. The number of carbonyl (C=O) groups is 1. The molecule has 1 amide bonds. The summed E-state index contributed by atoms with van der Waals surface area (Å²) in [6.07, 6.45) is 7.44. The van der Waals surface area contributed by atoms with Gasteiger partial charge >= 0.3 is 0 Å². The zero-order valence-corrected chi connectivity index (χ0v) is 15.7. The van der Waals surface area contributed by atoms with Crippen LogP contribution in [0.1, 0.15) is 66.2 Å². The minimum absolute atomic E-state index is 0.204. The first kappa shape index (κ1) is 18.2. The van der Waals surface area contributed by atoms with Gasteiger partial charge in [0.05, 0.1) is 22.0 Å². The van der Waals surface area contributed by atoms with Crippen LogP contribution < -0.4 is 11.5 Å². The molecule has 5 nitrogen and oxygen atoms in total. The number of nitrogen functional groups attached to an aromatic ring is 1. The number of fused-ring (bicyclic) bond motifs is 1. The highest BCUT2D eigenvalue weighted by atomic mass is 32.1. The normalized spacial score (nSPS) is 25.1. The summed E-state index contributed by atoms with van der Waals surface area (Å²) >= 11 is 1.44. The zero-order chi connectivity index (χ0) is 18.1. The molecule has 25 heavy (non-hydrogen) atoms. The van der Waals surface area contributed by atoms with Crippen molar-refractivity contribution < 1.29 is 9.53 Å². The maximum absolute atomic E-state index is 11.7. The standard InChI is InChI=1S/C19H27N3O2S/c1-2-4-18(6-8-24-9-7-18)11-19(12-20)5-3-13-14(10-19)25-17(22)15(13)16(21)23/h2-11,22H2,1H3,(H2,21,23). The van der Waals surface area contributed by atoms with E-state index >= 15 is 0 Å². The largest absolute Gasteiger partial charge is 0.390 e. The molecule has 0 saturated carbocycles. The van der Waals surface area contributed by atoms with Crippen molar-refractivity contribution in [3.05, 3.63) is 16.0 Å².